The highest BCUT2D eigenvalue weighted by molar-refractivity contribution is 5.16. The molecule has 0 saturated heterocycles. The molecule has 0 bridgehead atoms. The smallest absolute Gasteiger partial charge is 0.0908 e. The SMILES string of the molecule is C=C1CC(/C=C/C#N)C1. The van der Waals surface area contributed by atoms with Gasteiger partial charge < -0.3 is 0 Å². The molecule has 46 valence electrons. The third kappa shape index (κ3) is 1.43. The van der Waals surface area contributed by atoms with E-state index >= 15 is 0 Å². The van der Waals surface area contributed by atoms with Crippen molar-refractivity contribution in [3.8, 4) is 6.07 Å². The fourth-order valence-electron chi connectivity index (χ4n) is 0.997. The van der Waals surface area contributed by atoms with Gasteiger partial charge in [-0.25, -0.2) is 0 Å². The van der Waals surface area contributed by atoms with Crippen LogP contribution >= 0.6 is 0 Å². The van der Waals surface area contributed by atoms with Crippen LogP contribution in [0, 0.1) is 17.2 Å². The Morgan fingerprint density at radius 3 is 2.78 bits per heavy atom. The first-order valence-corrected chi connectivity index (χ1v) is 3.06. The predicted octanol–water partition coefficient (Wildman–Crippen LogP) is 2.03. The van der Waals surface area contributed by atoms with E-state index in [2.05, 4.69) is 6.58 Å². The Hall–Kier alpha value is -1.03. The Balaban J connectivity index is 2.27. The van der Waals surface area contributed by atoms with E-state index in [-0.39, 0.29) is 0 Å². The van der Waals surface area contributed by atoms with Gasteiger partial charge in [-0.15, -0.1) is 0 Å². The summed E-state index contributed by atoms with van der Waals surface area (Å²) in [4.78, 5) is 0. The first-order chi connectivity index (χ1) is 4.33. The first kappa shape index (κ1) is 6.10. The van der Waals surface area contributed by atoms with Gasteiger partial charge in [0.2, 0.25) is 0 Å². The van der Waals surface area contributed by atoms with Crippen molar-refractivity contribution >= 4 is 0 Å². The molecule has 0 aromatic carbocycles. The van der Waals surface area contributed by atoms with Crippen LogP contribution in [0.1, 0.15) is 12.8 Å². The largest absolute Gasteiger partial charge is 0.193 e. The summed E-state index contributed by atoms with van der Waals surface area (Å²) in [7, 11) is 0. The molecule has 0 aromatic rings. The maximum absolute atomic E-state index is 8.14. The normalized spacial score (nSPS) is 19.7. The van der Waals surface area contributed by atoms with Gasteiger partial charge >= 0.3 is 0 Å². The molecule has 1 aliphatic rings. The van der Waals surface area contributed by atoms with Crippen LogP contribution in [0.4, 0.5) is 0 Å². The molecule has 0 aromatic heterocycles. The highest BCUT2D eigenvalue weighted by atomic mass is 14.2. The van der Waals surface area contributed by atoms with Crippen LogP contribution in [0.2, 0.25) is 0 Å². The van der Waals surface area contributed by atoms with Crippen molar-refractivity contribution in [2.45, 2.75) is 12.8 Å². The summed E-state index contributed by atoms with van der Waals surface area (Å²) in [5, 5.41) is 8.14. The van der Waals surface area contributed by atoms with Crippen molar-refractivity contribution in [3.63, 3.8) is 0 Å². The van der Waals surface area contributed by atoms with Gasteiger partial charge in [-0.3, -0.25) is 0 Å². The molecule has 1 rings (SSSR count). The van der Waals surface area contributed by atoms with E-state index in [0.717, 1.165) is 12.8 Å². The second-order valence-corrected chi connectivity index (χ2v) is 2.41. The minimum atomic E-state index is 0.608. The fraction of sp³-hybridized carbons (Fsp3) is 0.375. The third-order valence-electron chi connectivity index (χ3n) is 1.54. The van der Waals surface area contributed by atoms with Crippen molar-refractivity contribution < 1.29 is 0 Å². The minimum absolute atomic E-state index is 0.608. The fourth-order valence-corrected chi connectivity index (χ4v) is 0.997. The van der Waals surface area contributed by atoms with Gasteiger partial charge in [0.15, 0.2) is 0 Å². The Morgan fingerprint density at radius 2 is 2.33 bits per heavy atom. The Bertz CT molecular complexity index is 175. The van der Waals surface area contributed by atoms with Gasteiger partial charge in [0.25, 0.3) is 0 Å². The summed E-state index contributed by atoms with van der Waals surface area (Å²) < 4.78 is 0. The zero-order chi connectivity index (χ0) is 6.69. The average Bonchev–Trinajstić information content (AvgIpc) is 1.78. The molecule has 1 nitrogen and oxygen atoms in total. The van der Waals surface area contributed by atoms with E-state index in [9.17, 15) is 0 Å². The average molecular weight is 119 g/mol. The first-order valence-electron chi connectivity index (χ1n) is 3.06. The zero-order valence-electron chi connectivity index (χ0n) is 5.30. The molecule has 0 N–H and O–H groups in total. The Kier molecular flexibility index (Phi) is 1.69. The van der Waals surface area contributed by atoms with Gasteiger partial charge in [0, 0.05) is 6.08 Å². The number of hydrogen-bond acceptors (Lipinski definition) is 1. The molecule has 1 fully saturated rings. The summed E-state index contributed by atoms with van der Waals surface area (Å²) in [6.07, 6.45) is 5.67. The van der Waals surface area contributed by atoms with Crippen LogP contribution in [0.5, 0.6) is 0 Å². The molecule has 1 saturated carbocycles. The van der Waals surface area contributed by atoms with E-state index in [1.54, 1.807) is 6.08 Å². The maximum Gasteiger partial charge on any atom is 0.0908 e. The lowest BCUT2D eigenvalue weighted by Crippen LogP contribution is -2.10. The van der Waals surface area contributed by atoms with E-state index in [0.29, 0.717) is 5.92 Å². The van der Waals surface area contributed by atoms with Gasteiger partial charge in [-0.05, 0) is 18.8 Å². The molecular formula is C8H9N. The molecule has 0 aliphatic heterocycles. The number of allylic oxidation sites excluding steroid dienone is 3. The van der Waals surface area contributed by atoms with Crippen molar-refractivity contribution in [2.24, 2.45) is 5.92 Å². The molecule has 0 amide bonds. The van der Waals surface area contributed by atoms with Crippen LogP contribution in [0.15, 0.2) is 24.3 Å². The summed E-state index contributed by atoms with van der Waals surface area (Å²) in [6.45, 7) is 3.80. The maximum atomic E-state index is 8.14. The lowest BCUT2D eigenvalue weighted by Gasteiger charge is -2.24. The molecule has 0 radical (unpaired) electrons. The van der Waals surface area contributed by atoms with Crippen molar-refractivity contribution in [2.75, 3.05) is 0 Å². The quantitative estimate of drug-likeness (QED) is 0.382. The van der Waals surface area contributed by atoms with Crippen LogP contribution in [0.25, 0.3) is 0 Å². The molecule has 0 atom stereocenters. The highest BCUT2D eigenvalue weighted by Crippen LogP contribution is 2.31. The van der Waals surface area contributed by atoms with Crippen LogP contribution < -0.4 is 0 Å². The Morgan fingerprint density at radius 1 is 1.67 bits per heavy atom. The van der Waals surface area contributed by atoms with Gasteiger partial charge in [0.05, 0.1) is 6.07 Å². The number of nitrogens with zero attached hydrogens (tertiary/aromatic N) is 1. The minimum Gasteiger partial charge on any atom is -0.193 e. The van der Waals surface area contributed by atoms with Gasteiger partial charge in [-0.1, -0.05) is 18.2 Å². The second-order valence-electron chi connectivity index (χ2n) is 2.41. The molecule has 1 aliphatic carbocycles. The summed E-state index contributed by atoms with van der Waals surface area (Å²) in [6, 6.07) is 1.97. The van der Waals surface area contributed by atoms with E-state index in [1.165, 1.54) is 5.57 Å². The monoisotopic (exact) mass is 119 g/mol. The summed E-state index contributed by atoms with van der Waals surface area (Å²) >= 11 is 0. The Labute approximate surface area is 55.3 Å². The number of hydrogen-bond donors (Lipinski definition) is 0. The van der Waals surface area contributed by atoms with Crippen LogP contribution in [0.3, 0.4) is 0 Å². The summed E-state index contributed by atoms with van der Waals surface area (Å²) in [5.74, 6) is 0.608. The highest BCUT2D eigenvalue weighted by Gasteiger charge is 2.17. The van der Waals surface area contributed by atoms with E-state index in [4.69, 9.17) is 5.26 Å². The molecule has 9 heavy (non-hydrogen) atoms. The van der Waals surface area contributed by atoms with Crippen molar-refractivity contribution in [3.05, 3.63) is 24.3 Å². The lowest BCUT2D eigenvalue weighted by atomic mass is 9.81. The van der Waals surface area contributed by atoms with Gasteiger partial charge in [-0.2, -0.15) is 5.26 Å². The molecule has 0 spiro atoms. The standard InChI is InChI=1S/C8H9N/c1-7-5-8(6-7)3-2-4-9/h2-3,8H,1,5-6H2/b3-2+. The van der Waals surface area contributed by atoms with E-state index < -0.39 is 0 Å². The van der Waals surface area contributed by atoms with E-state index in [1.807, 2.05) is 12.1 Å². The van der Waals surface area contributed by atoms with Crippen molar-refractivity contribution in [1.29, 1.82) is 5.26 Å². The second kappa shape index (κ2) is 2.50. The predicted molar refractivity (Wildman–Crippen MR) is 36.6 cm³/mol. The molecule has 1 heteroatoms. The van der Waals surface area contributed by atoms with Crippen molar-refractivity contribution in [1.82, 2.24) is 0 Å². The zero-order valence-corrected chi connectivity index (χ0v) is 5.30. The summed E-state index contributed by atoms with van der Waals surface area (Å²) in [5.41, 5.74) is 1.31. The molecule has 0 unspecified atom stereocenters. The lowest BCUT2D eigenvalue weighted by molar-refractivity contribution is 0.517. The van der Waals surface area contributed by atoms with Crippen LogP contribution in [-0.4, -0.2) is 0 Å². The number of rotatable bonds is 1. The number of nitriles is 1. The van der Waals surface area contributed by atoms with Gasteiger partial charge in [0.1, 0.15) is 0 Å². The molecule has 0 heterocycles. The molecular weight excluding hydrogens is 110 g/mol. The van der Waals surface area contributed by atoms with Crippen LogP contribution in [-0.2, 0) is 0 Å². The third-order valence-corrected chi connectivity index (χ3v) is 1.54. The topological polar surface area (TPSA) is 23.8 Å².